The molecule has 1 N–H and O–H groups in total. The summed E-state index contributed by atoms with van der Waals surface area (Å²) in [4.78, 5) is 0. The van der Waals surface area contributed by atoms with Crippen molar-refractivity contribution in [2.24, 2.45) is 7.05 Å². The average molecular weight is 232 g/mol. The Labute approximate surface area is 102 Å². The number of fused-ring (bicyclic) bond motifs is 1. The van der Waals surface area contributed by atoms with E-state index in [4.69, 9.17) is 4.74 Å². The zero-order chi connectivity index (χ0) is 12.1. The van der Waals surface area contributed by atoms with Crippen LogP contribution in [0.25, 0.3) is 10.9 Å². The van der Waals surface area contributed by atoms with E-state index in [1.165, 1.54) is 16.5 Å². The number of hydrogen-bond acceptors (Lipinski definition) is 2. The van der Waals surface area contributed by atoms with E-state index < -0.39 is 0 Å². The molecule has 0 aliphatic rings. The summed E-state index contributed by atoms with van der Waals surface area (Å²) in [6, 6.07) is 8.50. The highest BCUT2D eigenvalue weighted by Crippen LogP contribution is 2.20. The molecule has 3 nitrogen and oxygen atoms in total. The van der Waals surface area contributed by atoms with Gasteiger partial charge in [0.2, 0.25) is 0 Å². The van der Waals surface area contributed by atoms with Crippen LogP contribution in [0.2, 0.25) is 0 Å². The molecule has 0 aliphatic carbocycles. The van der Waals surface area contributed by atoms with Crippen molar-refractivity contribution in [2.75, 3.05) is 26.8 Å². The van der Waals surface area contributed by atoms with Crippen LogP contribution in [-0.4, -0.2) is 31.4 Å². The summed E-state index contributed by atoms with van der Waals surface area (Å²) in [5, 5.41) is 4.41. The number of ether oxygens (including phenoxy) is 1. The normalized spacial score (nSPS) is 11.2. The first-order chi connectivity index (χ1) is 8.33. The van der Waals surface area contributed by atoms with Crippen LogP contribution in [0.1, 0.15) is 5.56 Å². The minimum atomic E-state index is 0.779. The number of hydrogen-bond donors (Lipinski definition) is 1. The molecule has 0 spiro atoms. The summed E-state index contributed by atoms with van der Waals surface area (Å²) in [5.41, 5.74) is 2.66. The van der Waals surface area contributed by atoms with Gasteiger partial charge in [0.15, 0.2) is 0 Å². The number of benzene rings is 1. The maximum Gasteiger partial charge on any atom is 0.0590 e. The number of nitrogens with one attached hydrogen (secondary N) is 1. The van der Waals surface area contributed by atoms with Crippen LogP contribution >= 0.6 is 0 Å². The van der Waals surface area contributed by atoms with Crippen molar-refractivity contribution in [3.8, 4) is 0 Å². The summed E-state index contributed by atoms with van der Waals surface area (Å²) in [6.45, 7) is 2.48. The lowest BCUT2D eigenvalue weighted by Gasteiger charge is -2.02. The van der Waals surface area contributed by atoms with Crippen LogP contribution in [0.5, 0.6) is 0 Å². The molecule has 1 heterocycles. The molecule has 92 valence electrons. The zero-order valence-corrected chi connectivity index (χ0v) is 10.6. The molecule has 1 aromatic heterocycles. The topological polar surface area (TPSA) is 26.2 Å². The van der Waals surface area contributed by atoms with Crippen LogP contribution in [-0.2, 0) is 18.2 Å². The van der Waals surface area contributed by atoms with E-state index in [2.05, 4.69) is 47.4 Å². The first kappa shape index (κ1) is 12.1. The highest BCUT2D eigenvalue weighted by atomic mass is 16.5. The molecule has 0 radical (unpaired) electrons. The Bertz CT molecular complexity index is 476. The van der Waals surface area contributed by atoms with Crippen molar-refractivity contribution < 1.29 is 4.74 Å². The van der Waals surface area contributed by atoms with E-state index in [9.17, 15) is 0 Å². The Hall–Kier alpha value is -1.32. The molecule has 0 unspecified atom stereocenters. The van der Waals surface area contributed by atoms with Gasteiger partial charge in [-0.3, -0.25) is 0 Å². The number of aromatic nitrogens is 1. The van der Waals surface area contributed by atoms with Gasteiger partial charge in [0.1, 0.15) is 0 Å². The van der Waals surface area contributed by atoms with Crippen molar-refractivity contribution in [1.82, 2.24) is 9.88 Å². The molecule has 0 fully saturated rings. The summed E-state index contributed by atoms with van der Waals surface area (Å²) in [7, 11) is 4.03. The van der Waals surface area contributed by atoms with Crippen LogP contribution in [0.4, 0.5) is 0 Å². The van der Waals surface area contributed by atoms with E-state index in [0.717, 1.165) is 26.2 Å². The van der Waals surface area contributed by atoms with Crippen LogP contribution in [0, 0.1) is 0 Å². The molecule has 1 aromatic carbocycles. The van der Waals surface area contributed by atoms with Gasteiger partial charge in [-0.05, 0) is 25.1 Å². The van der Waals surface area contributed by atoms with E-state index in [1.54, 1.807) is 0 Å². The number of para-hydroxylation sites is 1. The third kappa shape index (κ3) is 2.87. The highest BCUT2D eigenvalue weighted by molar-refractivity contribution is 5.83. The van der Waals surface area contributed by atoms with Gasteiger partial charge in [0, 0.05) is 30.7 Å². The number of nitrogens with zero attached hydrogens (tertiary/aromatic N) is 1. The van der Waals surface area contributed by atoms with Gasteiger partial charge in [0.25, 0.3) is 0 Å². The Morgan fingerprint density at radius 3 is 2.88 bits per heavy atom. The van der Waals surface area contributed by atoms with Gasteiger partial charge in [0.05, 0.1) is 13.2 Å². The third-order valence-corrected chi connectivity index (χ3v) is 2.99. The second-order valence-electron chi connectivity index (χ2n) is 4.25. The van der Waals surface area contributed by atoms with Crippen molar-refractivity contribution >= 4 is 10.9 Å². The maximum absolute atomic E-state index is 5.56. The molecule has 0 bridgehead atoms. The molecular weight excluding hydrogens is 212 g/mol. The van der Waals surface area contributed by atoms with Gasteiger partial charge in [-0.1, -0.05) is 18.2 Å². The van der Waals surface area contributed by atoms with Gasteiger partial charge in [-0.15, -0.1) is 0 Å². The van der Waals surface area contributed by atoms with Crippen LogP contribution in [0.3, 0.4) is 0 Å². The van der Waals surface area contributed by atoms with Gasteiger partial charge < -0.3 is 14.6 Å². The predicted molar refractivity (Wildman–Crippen MR) is 71.4 cm³/mol. The number of likely N-dealkylation sites (N-methyl/N-ethyl adjacent to an activating group) is 1. The molecule has 0 saturated carbocycles. The Balaban J connectivity index is 1.99. The first-order valence-electron chi connectivity index (χ1n) is 6.08. The van der Waals surface area contributed by atoms with E-state index in [1.807, 2.05) is 7.05 Å². The molecule has 2 rings (SSSR count). The Morgan fingerprint density at radius 1 is 1.24 bits per heavy atom. The fraction of sp³-hybridized carbons (Fsp3) is 0.429. The predicted octanol–water partition coefficient (Wildman–Crippen LogP) is 1.96. The maximum atomic E-state index is 5.56. The lowest BCUT2D eigenvalue weighted by Crippen LogP contribution is -2.15. The minimum Gasteiger partial charge on any atom is -0.380 e. The molecule has 3 heteroatoms. The van der Waals surface area contributed by atoms with Crippen LogP contribution in [0.15, 0.2) is 30.5 Å². The zero-order valence-electron chi connectivity index (χ0n) is 10.6. The highest BCUT2D eigenvalue weighted by Gasteiger charge is 2.04. The Kier molecular flexibility index (Phi) is 4.18. The fourth-order valence-corrected chi connectivity index (χ4v) is 2.08. The molecule has 0 amide bonds. The molecular formula is C14H20N2O. The number of aryl methyl sites for hydroxylation is 1. The quantitative estimate of drug-likeness (QED) is 0.771. The minimum absolute atomic E-state index is 0.779. The summed E-state index contributed by atoms with van der Waals surface area (Å²) in [5.74, 6) is 0. The van der Waals surface area contributed by atoms with Crippen molar-refractivity contribution in [3.05, 3.63) is 36.0 Å². The van der Waals surface area contributed by atoms with E-state index in [-0.39, 0.29) is 0 Å². The van der Waals surface area contributed by atoms with E-state index in [0.29, 0.717) is 0 Å². The van der Waals surface area contributed by atoms with Crippen molar-refractivity contribution in [1.29, 1.82) is 0 Å². The average Bonchev–Trinajstić information content (AvgIpc) is 2.67. The second-order valence-corrected chi connectivity index (χ2v) is 4.25. The molecule has 0 aliphatic heterocycles. The lowest BCUT2D eigenvalue weighted by molar-refractivity contribution is 0.140. The first-order valence-corrected chi connectivity index (χ1v) is 6.08. The monoisotopic (exact) mass is 232 g/mol. The summed E-state index contributed by atoms with van der Waals surface area (Å²) in [6.07, 6.45) is 3.18. The number of rotatable bonds is 6. The third-order valence-electron chi connectivity index (χ3n) is 2.99. The van der Waals surface area contributed by atoms with Crippen LogP contribution < -0.4 is 5.32 Å². The largest absolute Gasteiger partial charge is 0.380 e. The second kappa shape index (κ2) is 5.84. The summed E-state index contributed by atoms with van der Waals surface area (Å²) < 4.78 is 7.74. The molecule has 0 saturated heterocycles. The van der Waals surface area contributed by atoms with Crippen molar-refractivity contribution in [2.45, 2.75) is 6.42 Å². The fourth-order valence-electron chi connectivity index (χ4n) is 2.08. The smallest absolute Gasteiger partial charge is 0.0590 e. The standard InChI is InChI=1S/C14H20N2O/c1-15-8-10-17-9-7-12-11-16(2)14-6-4-3-5-13(12)14/h3-6,11,15H,7-10H2,1-2H3. The van der Waals surface area contributed by atoms with Gasteiger partial charge in [-0.25, -0.2) is 0 Å². The summed E-state index contributed by atoms with van der Waals surface area (Å²) >= 11 is 0. The molecule has 2 aromatic rings. The molecule has 17 heavy (non-hydrogen) atoms. The van der Waals surface area contributed by atoms with Gasteiger partial charge in [-0.2, -0.15) is 0 Å². The molecule has 0 atom stereocenters. The van der Waals surface area contributed by atoms with Crippen molar-refractivity contribution in [3.63, 3.8) is 0 Å². The lowest BCUT2D eigenvalue weighted by atomic mass is 10.1. The van der Waals surface area contributed by atoms with Gasteiger partial charge >= 0.3 is 0 Å². The SMILES string of the molecule is CNCCOCCc1cn(C)c2ccccc12. The van der Waals surface area contributed by atoms with E-state index >= 15 is 0 Å². The Morgan fingerprint density at radius 2 is 2.06 bits per heavy atom.